The number of amides is 2. The lowest BCUT2D eigenvalue weighted by molar-refractivity contribution is -0.143. The number of aliphatic hydroxyl groups excluding tert-OH is 1. The summed E-state index contributed by atoms with van der Waals surface area (Å²) in [6, 6.07) is -2.44. The molecule has 0 aromatic rings. The molecule has 4 rings (SSSR count). The quantitative estimate of drug-likeness (QED) is 0.210. The zero-order chi connectivity index (χ0) is 30.2. The number of carbonyl (C=O) groups is 3. The third-order valence-corrected chi connectivity index (χ3v) is 10.8. The molecule has 0 bridgehead atoms. The van der Waals surface area contributed by atoms with Gasteiger partial charge in [0.15, 0.2) is 6.61 Å². The minimum absolute atomic E-state index is 0.0672. The molecule has 0 radical (unpaired) electrons. The third kappa shape index (κ3) is 5.63. The minimum atomic E-state index is -1.45. The molecule has 0 aliphatic heterocycles. The van der Waals surface area contributed by atoms with Gasteiger partial charge in [0, 0.05) is 5.41 Å². The highest BCUT2D eigenvalue weighted by Gasteiger charge is 2.63. The van der Waals surface area contributed by atoms with Crippen molar-refractivity contribution in [1.29, 1.82) is 0 Å². The van der Waals surface area contributed by atoms with E-state index in [0.29, 0.717) is 24.2 Å². The average molecular weight is 572 g/mol. The summed E-state index contributed by atoms with van der Waals surface area (Å²) >= 11 is 0. The van der Waals surface area contributed by atoms with Gasteiger partial charge in [-0.25, -0.2) is 4.79 Å². The summed E-state index contributed by atoms with van der Waals surface area (Å²) in [7, 11) is 0. The van der Waals surface area contributed by atoms with Crippen LogP contribution < -0.4 is 10.6 Å². The van der Waals surface area contributed by atoms with Gasteiger partial charge < -0.3 is 30.8 Å². The molecule has 4 aliphatic rings. The molecule has 0 heterocycles. The van der Waals surface area contributed by atoms with Gasteiger partial charge in [0.05, 0.1) is 12.3 Å². The van der Waals surface area contributed by atoms with Crippen molar-refractivity contribution in [1.82, 2.24) is 10.6 Å². The van der Waals surface area contributed by atoms with E-state index in [4.69, 9.17) is 21.5 Å². The first-order valence-corrected chi connectivity index (χ1v) is 14.8. The van der Waals surface area contributed by atoms with Crippen LogP contribution in [0.3, 0.4) is 0 Å². The predicted octanol–water partition coefficient (Wildman–Crippen LogP) is 2.39. The van der Waals surface area contributed by atoms with Gasteiger partial charge in [-0.15, -0.1) is 6.42 Å². The number of hydrogen-bond donors (Lipinski definition) is 5. The Morgan fingerprint density at radius 1 is 1.12 bits per heavy atom. The monoisotopic (exact) mass is 571 g/mol. The molecule has 0 saturated heterocycles. The Morgan fingerprint density at radius 2 is 1.83 bits per heavy atom. The number of terminal acetylenes is 1. The Morgan fingerprint density at radius 3 is 2.46 bits per heavy atom. The Balaban J connectivity index is 1.36. The van der Waals surface area contributed by atoms with Crippen molar-refractivity contribution in [2.24, 2.45) is 39.7 Å². The number of rotatable bonds is 9. The van der Waals surface area contributed by atoms with Gasteiger partial charge in [-0.3, -0.25) is 9.59 Å². The van der Waals surface area contributed by atoms with Gasteiger partial charge in [-0.05, 0) is 86.5 Å². The van der Waals surface area contributed by atoms with Crippen molar-refractivity contribution >= 4 is 23.5 Å². The van der Waals surface area contributed by atoms with E-state index in [1.54, 1.807) is 13.8 Å². The molecule has 4 aliphatic carbocycles. The average Bonchev–Trinajstić information content (AvgIpc) is 3.20. The van der Waals surface area contributed by atoms with Crippen LogP contribution in [0.25, 0.3) is 0 Å². The molecule has 8 atom stereocenters. The zero-order valence-electron chi connectivity index (χ0n) is 24.6. The summed E-state index contributed by atoms with van der Waals surface area (Å²) in [6.45, 7) is 6.86. The van der Waals surface area contributed by atoms with Crippen LogP contribution >= 0.6 is 0 Å². The fraction of sp³-hybridized carbons (Fsp3) is 0.742. The number of aliphatic carboxylic acids is 1. The molecule has 0 aromatic heterocycles. The molecule has 3 saturated carbocycles. The first-order valence-electron chi connectivity index (χ1n) is 14.8. The van der Waals surface area contributed by atoms with E-state index in [9.17, 15) is 19.5 Å². The summed E-state index contributed by atoms with van der Waals surface area (Å²) < 4.78 is 0. The summed E-state index contributed by atoms with van der Waals surface area (Å²) in [5, 5.41) is 38.5. The number of hydrogen-bond acceptors (Lipinski definition) is 7. The largest absolute Gasteiger partial charge is 0.480 e. The minimum Gasteiger partial charge on any atom is -0.480 e. The Labute approximate surface area is 242 Å². The summed E-state index contributed by atoms with van der Waals surface area (Å²) in [5.41, 5.74) is 1.01. The topological polar surface area (TPSA) is 158 Å². The van der Waals surface area contributed by atoms with Crippen LogP contribution in [0.15, 0.2) is 16.8 Å². The van der Waals surface area contributed by atoms with Crippen LogP contribution in [0.2, 0.25) is 0 Å². The van der Waals surface area contributed by atoms with Crippen molar-refractivity contribution in [2.75, 3.05) is 13.2 Å². The van der Waals surface area contributed by atoms with Crippen LogP contribution in [0.5, 0.6) is 0 Å². The van der Waals surface area contributed by atoms with Crippen LogP contribution in [0.4, 0.5) is 0 Å². The fourth-order valence-electron chi connectivity index (χ4n) is 8.27. The molecule has 3 fully saturated rings. The first-order chi connectivity index (χ1) is 19.3. The standard InChI is InChI=1S/C31H45N3O7/c1-6-31(40)14-11-23-21-8-7-19-15-20(9-12-29(19,4)22(21)10-13-30(23,31)5)34-41-17-25(36)33-26(18(2)3)27(37)32-24(16-35)28(38)39/h1,15,18,21-24,26,35,40H,7-14,16-17H2,2-5H3,(H,32,37)(H,33,36)(H,38,39)/b34-20+/t21-,22+,23+,24+,26+,29+,30+,31-/m1/s1. The van der Waals surface area contributed by atoms with E-state index in [1.165, 1.54) is 5.57 Å². The van der Waals surface area contributed by atoms with Crippen LogP contribution in [-0.2, 0) is 19.2 Å². The second-order valence-corrected chi connectivity index (χ2v) is 13.2. The highest BCUT2D eigenvalue weighted by molar-refractivity contribution is 5.96. The predicted molar refractivity (Wildman–Crippen MR) is 152 cm³/mol. The lowest BCUT2D eigenvalue weighted by Crippen LogP contribution is -2.55. The molecule has 2 amide bonds. The van der Waals surface area contributed by atoms with Crippen molar-refractivity contribution in [3.8, 4) is 12.3 Å². The van der Waals surface area contributed by atoms with Gasteiger partial charge in [-0.1, -0.05) is 44.3 Å². The van der Waals surface area contributed by atoms with Crippen molar-refractivity contribution in [2.45, 2.75) is 96.7 Å². The van der Waals surface area contributed by atoms with Crippen LogP contribution in [-0.4, -0.2) is 69.7 Å². The molecular weight excluding hydrogens is 526 g/mol. The Kier molecular flexibility index (Phi) is 8.91. The fourth-order valence-corrected chi connectivity index (χ4v) is 8.27. The molecule has 41 heavy (non-hydrogen) atoms. The van der Waals surface area contributed by atoms with Gasteiger partial charge in [0.2, 0.25) is 5.91 Å². The maximum Gasteiger partial charge on any atom is 0.328 e. The number of carboxylic acids is 1. The van der Waals surface area contributed by atoms with Crippen LogP contribution in [0.1, 0.15) is 79.1 Å². The first kappa shape index (κ1) is 31.0. The molecule has 10 nitrogen and oxygen atoms in total. The number of carboxylic acid groups (broad SMARTS) is 1. The molecular formula is C31H45N3O7. The van der Waals surface area contributed by atoms with E-state index in [0.717, 1.165) is 50.7 Å². The van der Waals surface area contributed by atoms with Crippen molar-refractivity contribution < 1.29 is 34.5 Å². The summed E-state index contributed by atoms with van der Waals surface area (Å²) in [6.07, 6.45) is 15.3. The van der Waals surface area contributed by atoms with Gasteiger partial charge in [0.25, 0.3) is 5.91 Å². The van der Waals surface area contributed by atoms with Gasteiger partial charge in [-0.2, -0.15) is 0 Å². The maximum absolute atomic E-state index is 12.5. The lowest BCUT2D eigenvalue weighted by Gasteiger charge is -2.58. The highest BCUT2D eigenvalue weighted by atomic mass is 16.6. The Hall–Kier alpha value is -2.90. The van der Waals surface area contributed by atoms with E-state index in [2.05, 4.69) is 41.6 Å². The maximum atomic E-state index is 12.5. The van der Waals surface area contributed by atoms with E-state index < -0.39 is 42.1 Å². The summed E-state index contributed by atoms with van der Waals surface area (Å²) in [4.78, 5) is 41.5. The number of oxime groups is 1. The second kappa shape index (κ2) is 11.8. The number of allylic oxidation sites excluding steroid dienone is 2. The molecule has 0 unspecified atom stereocenters. The number of carbonyl (C=O) groups excluding carboxylic acids is 2. The summed E-state index contributed by atoms with van der Waals surface area (Å²) in [5.74, 6) is 1.33. The van der Waals surface area contributed by atoms with Gasteiger partial charge >= 0.3 is 5.97 Å². The number of aliphatic hydroxyl groups is 2. The van der Waals surface area contributed by atoms with Crippen molar-refractivity contribution in [3.63, 3.8) is 0 Å². The van der Waals surface area contributed by atoms with E-state index >= 15 is 0 Å². The van der Waals surface area contributed by atoms with Crippen LogP contribution in [0, 0.1) is 46.8 Å². The molecule has 10 heteroatoms. The second-order valence-electron chi connectivity index (χ2n) is 13.2. The smallest absolute Gasteiger partial charge is 0.328 e. The molecule has 0 spiro atoms. The third-order valence-electron chi connectivity index (χ3n) is 10.8. The normalized spacial score (nSPS) is 36.6. The highest BCUT2D eigenvalue weighted by Crippen LogP contribution is 2.67. The van der Waals surface area contributed by atoms with E-state index in [1.807, 2.05) is 0 Å². The van der Waals surface area contributed by atoms with E-state index in [-0.39, 0.29) is 23.4 Å². The van der Waals surface area contributed by atoms with Gasteiger partial charge in [0.1, 0.15) is 17.7 Å². The lowest BCUT2D eigenvalue weighted by atomic mass is 9.46. The number of fused-ring (bicyclic) bond motifs is 5. The molecule has 226 valence electrons. The SMILES string of the molecule is C#C[C@@]1(O)CC[C@H]2[C@@H]3CCC4=C/C(=N/OCC(=O)N[C@H](C(=O)N[C@@H](CO)C(=O)O)C(C)C)CC[C@]4(C)[C@H]3CC[C@@]21C. The molecule has 0 aromatic carbocycles. The van der Waals surface area contributed by atoms with Crippen molar-refractivity contribution in [3.05, 3.63) is 11.6 Å². The zero-order valence-corrected chi connectivity index (χ0v) is 24.6. The number of nitrogens with one attached hydrogen (secondary N) is 2. The number of nitrogens with zero attached hydrogens (tertiary/aromatic N) is 1. The molecule has 5 N–H and O–H groups in total. The Bertz CT molecular complexity index is 1160.